The number of nitrogens with zero attached hydrogens (tertiary/aromatic N) is 1. The molecule has 1 amide bonds. The van der Waals surface area contributed by atoms with Crippen LogP contribution in [0.2, 0.25) is 8.67 Å². The first kappa shape index (κ1) is 12.5. The van der Waals surface area contributed by atoms with E-state index in [0.717, 1.165) is 12.8 Å². The van der Waals surface area contributed by atoms with Crippen LogP contribution in [0.25, 0.3) is 0 Å². The van der Waals surface area contributed by atoms with Crippen LogP contribution in [0.3, 0.4) is 0 Å². The first-order chi connectivity index (χ1) is 7.63. The molecular weight excluding hydrogens is 289 g/mol. The maximum atomic E-state index is 12.2. The molecule has 0 atom stereocenters. The third-order valence-corrected chi connectivity index (χ3v) is 4.12. The highest BCUT2D eigenvalue weighted by Crippen LogP contribution is 2.34. The van der Waals surface area contributed by atoms with Crippen LogP contribution in [0.1, 0.15) is 23.2 Å². The number of halogens is 3. The Morgan fingerprint density at radius 2 is 2.19 bits per heavy atom. The molecule has 1 aromatic heterocycles. The maximum Gasteiger partial charge on any atom is 0.256 e. The molecule has 0 bridgehead atoms. The van der Waals surface area contributed by atoms with Gasteiger partial charge in [0.15, 0.2) is 0 Å². The van der Waals surface area contributed by atoms with Crippen molar-refractivity contribution in [2.75, 3.05) is 12.4 Å². The summed E-state index contributed by atoms with van der Waals surface area (Å²) in [5, 5.41) is 0. The molecule has 1 fully saturated rings. The SMILES string of the molecule is O=C(c1cc(Cl)sc1Cl)N(CCCl)C1CC1. The second kappa shape index (κ2) is 5.13. The van der Waals surface area contributed by atoms with Crippen molar-refractivity contribution >= 4 is 52.0 Å². The molecule has 1 aliphatic rings. The molecule has 16 heavy (non-hydrogen) atoms. The van der Waals surface area contributed by atoms with Gasteiger partial charge in [0.25, 0.3) is 5.91 Å². The molecule has 88 valence electrons. The fourth-order valence-electron chi connectivity index (χ4n) is 1.57. The Morgan fingerprint density at radius 1 is 1.50 bits per heavy atom. The second-order valence-corrected chi connectivity index (χ2v) is 6.32. The lowest BCUT2D eigenvalue weighted by molar-refractivity contribution is 0.0754. The number of amides is 1. The van der Waals surface area contributed by atoms with E-state index in [-0.39, 0.29) is 5.91 Å². The molecule has 1 aliphatic carbocycles. The quantitative estimate of drug-likeness (QED) is 0.772. The van der Waals surface area contributed by atoms with Crippen molar-refractivity contribution in [2.45, 2.75) is 18.9 Å². The van der Waals surface area contributed by atoms with E-state index in [1.54, 1.807) is 11.0 Å². The molecule has 2 nitrogen and oxygen atoms in total. The molecule has 0 radical (unpaired) electrons. The predicted molar refractivity (Wildman–Crippen MR) is 69.1 cm³/mol. The van der Waals surface area contributed by atoms with E-state index >= 15 is 0 Å². The van der Waals surface area contributed by atoms with Crippen LogP contribution < -0.4 is 0 Å². The van der Waals surface area contributed by atoms with Crippen LogP contribution in [0, 0.1) is 0 Å². The summed E-state index contributed by atoms with van der Waals surface area (Å²) in [6.07, 6.45) is 2.11. The summed E-state index contributed by atoms with van der Waals surface area (Å²) in [5.41, 5.74) is 0.494. The predicted octanol–water partition coefficient (Wildman–Crippen LogP) is 3.90. The summed E-state index contributed by atoms with van der Waals surface area (Å²) in [4.78, 5) is 14.0. The van der Waals surface area contributed by atoms with Gasteiger partial charge in [-0.25, -0.2) is 0 Å². The Hall–Kier alpha value is 0.0400. The summed E-state index contributed by atoms with van der Waals surface area (Å²) >= 11 is 18.7. The lowest BCUT2D eigenvalue weighted by Gasteiger charge is -2.20. The number of thiophene rings is 1. The van der Waals surface area contributed by atoms with E-state index in [2.05, 4.69) is 0 Å². The minimum Gasteiger partial charge on any atom is -0.334 e. The first-order valence-electron chi connectivity index (χ1n) is 4.95. The normalized spacial score (nSPS) is 15.2. The Morgan fingerprint density at radius 3 is 2.62 bits per heavy atom. The van der Waals surface area contributed by atoms with Crippen molar-refractivity contribution < 1.29 is 4.79 Å². The third kappa shape index (κ3) is 2.65. The first-order valence-corrected chi connectivity index (χ1v) is 7.06. The summed E-state index contributed by atoms with van der Waals surface area (Å²) < 4.78 is 0.991. The van der Waals surface area contributed by atoms with Crippen molar-refractivity contribution in [1.29, 1.82) is 0 Å². The third-order valence-electron chi connectivity index (χ3n) is 2.46. The molecule has 0 unspecified atom stereocenters. The topological polar surface area (TPSA) is 20.3 Å². The lowest BCUT2D eigenvalue weighted by atomic mass is 10.3. The average Bonchev–Trinajstić information content (AvgIpc) is 3.00. The van der Waals surface area contributed by atoms with Crippen molar-refractivity contribution in [3.8, 4) is 0 Å². The van der Waals surface area contributed by atoms with E-state index in [4.69, 9.17) is 34.8 Å². The van der Waals surface area contributed by atoms with Crippen LogP contribution in [0.15, 0.2) is 6.07 Å². The number of hydrogen-bond donors (Lipinski definition) is 0. The van der Waals surface area contributed by atoms with Crippen LogP contribution in [-0.2, 0) is 0 Å². The zero-order valence-electron chi connectivity index (χ0n) is 8.38. The van der Waals surface area contributed by atoms with Crippen molar-refractivity contribution in [3.63, 3.8) is 0 Å². The lowest BCUT2D eigenvalue weighted by Crippen LogP contribution is -2.34. The van der Waals surface area contributed by atoms with Crippen LogP contribution in [-0.4, -0.2) is 29.3 Å². The zero-order valence-corrected chi connectivity index (χ0v) is 11.5. The summed E-state index contributed by atoms with van der Waals surface area (Å²) in [6, 6.07) is 1.96. The maximum absolute atomic E-state index is 12.2. The minimum absolute atomic E-state index is 0.0590. The van der Waals surface area contributed by atoms with Crippen LogP contribution >= 0.6 is 46.1 Å². The molecule has 0 aromatic carbocycles. The van der Waals surface area contributed by atoms with Crippen LogP contribution in [0.4, 0.5) is 0 Å². The van der Waals surface area contributed by atoms with Crippen molar-refractivity contribution in [1.82, 2.24) is 4.90 Å². The van der Waals surface area contributed by atoms with Gasteiger partial charge in [0.1, 0.15) is 4.34 Å². The van der Waals surface area contributed by atoms with Crippen LogP contribution in [0.5, 0.6) is 0 Å². The minimum atomic E-state index is -0.0590. The Labute approximate surface area is 113 Å². The smallest absolute Gasteiger partial charge is 0.256 e. The summed E-state index contributed by atoms with van der Waals surface area (Å²) in [5.74, 6) is 0.383. The molecule has 2 rings (SSSR count). The molecule has 6 heteroatoms. The van der Waals surface area contributed by atoms with E-state index in [0.29, 0.717) is 32.7 Å². The van der Waals surface area contributed by atoms with Gasteiger partial charge in [-0.2, -0.15) is 0 Å². The molecular formula is C10H10Cl3NOS. The van der Waals surface area contributed by atoms with E-state index in [9.17, 15) is 4.79 Å². The average molecular weight is 299 g/mol. The van der Waals surface area contributed by atoms with Gasteiger partial charge in [-0.1, -0.05) is 23.2 Å². The second-order valence-electron chi connectivity index (χ2n) is 3.66. The number of rotatable bonds is 4. The van der Waals surface area contributed by atoms with Gasteiger partial charge in [-0.05, 0) is 18.9 Å². The Balaban J connectivity index is 2.18. The van der Waals surface area contributed by atoms with Gasteiger partial charge >= 0.3 is 0 Å². The Kier molecular flexibility index (Phi) is 4.01. The van der Waals surface area contributed by atoms with Gasteiger partial charge < -0.3 is 4.90 Å². The van der Waals surface area contributed by atoms with E-state index < -0.39 is 0 Å². The highest BCUT2D eigenvalue weighted by Gasteiger charge is 2.33. The monoisotopic (exact) mass is 297 g/mol. The van der Waals surface area contributed by atoms with Gasteiger partial charge in [-0.3, -0.25) is 4.79 Å². The molecule has 0 spiro atoms. The van der Waals surface area contributed by atoms with Gasteiger partial charge in [0.05, 0.1) is 9.90 Å². The van der Waals surface area contributed by atoms with E-state index in [1.807, 2.05) is 0 Å². The highest BCUT2D eigenvalue weighted by molar-refractivity contribution is 7.20. The molecule has 1 heterocycles. The molecule has 0 N–H and O–H groups in total. The van der Waals surface area contributed by atoms with Crippen molar-refractivity contribution in [2.24, 2.45) is 0 Å². The number of carbonyl (C=O) groups is 1. The molecule has 1 aromatic rings. The van der Waals surface area contributed by atoms with Gasteiger partial charge in [0.2, 0.25) is 0 Å². The highest BCUT2D eigenvalue weighted by atomic mass is 35.5. The van der Waals surface area contributed by atoms with Gasteiger partial charge in [-0.15, -0.1) is 22.9 Å². The largest absolute Gasteiger partial charge is 0.334 e. The number of carbonyl (C=O) groups excluding carboxylic acids is 1. The summed E-state index contributed by atoms with van der Waals surface area (Å²) in [6.45, 7) is 0.564. The number of hydrogen-bond acceptors (Lipinski definition) is 2. The fraction of sp³-hybridized carbons (Fsp3) is 0.500. The Bertz CT molecular complexity index is 403. The standard InChI is InChI=1S/C10H10Cl3NOS/c11-3-4-14(6-1-2-6)10(15)7-5-8(12)16-9(7)13/h5-6H,1-4H2. The van der Waals surface area contributed by atoms with Gasteiger partial charge in [0, 0.05) is 18.5 Å². The van der Waals surface area contributed by atoms with E-state index in [1.165, 1.54) is 11.3 Å². The van der Waals surface area contributed by atoms with Crippen molar-refractivity contribution in [3.05, 3.63) is 20.3 Å². The molecule has 0 saturated heterocycles. The fourth-order valence-corrected chi connectivity index (χ4v) is 3.20. The molecule has 0 aliphatic heterocycles. The molecule has 1 saturated carbocycles. The zero-order chi connectivity index (χ0) is 11.7. The summed E-state index contributed by atoms with van der Waals surface area (Å²) in [7, 11) is 0. The number of alkyl halides is 1.